The van der Waals surface area contributed by atoms with Crippen molar-refractivity contribution in [2.45, 2.75) is 25.0 Å². The number of piperidine rings is 1. The van der Waals surface area contributed by atoms with Gasteiger partial charge in [-0.05, 0) is 18.2 Å². The largest absolute Gasteiger partial charge is 0.509 e. The predicted octanol–water partition coefficient (Wildman–Crippen LogP) is 2.43. The molecule has 4 rings (SSSR count). The molecule has 0 atom stereocenters. The van der Waals surface area contributed by atoms with E-state index >= 15 is 0 Å². The van der Waals surface area contributed by atoms with Crippen molar-refractivity contribution < 1.29 is 19.1 Å². The number of rotatable bonds is 2. The maximum Gasteiger partial charge on any atom is 0.509 e. The Kier molecular flexibility index (Phi) is 3.91. The van der Waals surface area contributed by atoms with Gasteiger partial charge in [0.15, 0.2) is 5.60 Å². The fraction of sp³-hybridized carbons (Fsp3) is 0.438. The number of carbonyl (C=O) groups excluding carboxylic acids is 2. The lowest BCUT2D eigenvalue weighted by atomic mass is 9.92. The first-order valence-electron chi connectivity index (χ1n) is 8.06. The van der Waals surface area contributed by atoms with Crippen LogP contribution in [-0.4, -0.2) is 52.4 Å². The van der Waals surface area contributed by atoms with Crippen LogP contribution < -0.4 is 5.32 Å². The fourth-order valence-electron chi connectivity index (χ4n) is 3.18. The third kappa shape index (κ3) is 3.21. The van der Waals surface area contributed by atoms with Crippen molar-refractivity contribution in [3.05, 3.63) is 29.0 Å². The Morgan fingerprint density at radius 3 is 2.92 bits per heavy atom. The monoisotopic (exact) mass is 364 g/mol. The zero-order chi connectivity index (χ0) is 17.4. The molecule has 0 bridgehead atoms. The molecular formula is C16H17ClN4O4. The Morgan fingerprint density at radius 1 is 1.40 bits per heavy atom. The number of fused-ring (bicyclic) bond motifs is 1. The molecule has 0 saturated carbocycles. The summed E-state index contributed by atoms with van der Waals surface area (Å²) < 4.78 is 10.1. The van der Waals surface area contributed by atoms with Gasteiger partial charge in [0.1, 0.15) is 12.4 Å². The third-order valence-corrected chi connectivity index (χ3v) is 4.85. The van der Waals surface area contributed by atoms with Gasteiger partial charge in [-0.1, -0.05) is 11.6 Å². The van der Waals surface area contributed by atoms with Crippen LogP contribution in [0.2, 0.25) is 5.02 Å². The zero-order valence-electron chi connectivity index (χ0n) is 13.4. The summed E-state index contributed by atoms with van der Waals surface area (Å²) >= 11 is 5.95. The van der Waals surface area contributed by atoms with Gasteiger partial charge in [0.2, 0.25) is 0 Å². The van der Waals surface area contributed by atoms with E-state index in [0.717, 1.165) is 11.0 Å². The highest BCUT2D eigenvalue weighted by atomic mass is 35.5. The molecule has 2 fully saturated rings. The number of hydrogen-bond acceptors (Lipinski definition) is 5. The second-order valence-electron chi connectivity index (χ2n) is 6.31. The molecule has 0 radical (unpaired) electrons. The molecule has 2 aliphatic rings. The number of H-pyrrole nitrogens is 1. The SMILES string of the molecule is O=C1OCC2(CCN(C(=O)NCc3nc4ccc(Cl)cc4[nH]3)CC2)O1. The second-order valence-corrected chi connectivity index (χ2v) is 6.75. The number of halogens is 1. The number of likely N-dealkylation sites (tertiary alicyclic amines) is 1. The minimum absolute atomic E-state index is 0.168. The number of aromatic nitrogens is 2. The lowest BCUT2D eigenvalue weighted by Crippen LogP contribution is -2.50. The molecule has 0 aliphatic carbocycles. The standard InChI is InChI=1S/C16H17ClN4O4/c17-10-1-2-11-12(7-10)20-13(19-11)8-18-14(22)21-5-3-16(4-6-21)9-24-15(23)25-16/h1-2,7H,3-6,8-9H2,(H,18,22)(H,19,20). The predicted molar refractivity (Wildman–Crippen MR) is 89.3 cm³/mol. The number of benzene rings is 1. The highest BCUT2D eigenvalue weighted by molar-refractivity contribution is 6.31. The summed E-state index contributed by atoms with van der Waals surface area (Å²) in [4.78, 5) is 32.7. The van der Waals surface area contributed by atoms with Crippen molar-refractivity contribution in [3.8, 4) is 0 Å². The van der Waals surface area contributed by atoms with Crippen LogP contribution in [0, 0.1) is 0 Å². The Labute approximate surface area is 148 Å². The van der Waals surface area contributed by atoms with Gasteiger partial charge in [-0.3, -0.25) is 0 Å². The maximum atomic E-state index is 12.3. The second kappa shape index (κ2) is 6.11. The number of imidazole rings is 1. The van der Waals surface area contributed by atoms with Crippen LogP contribution in [0.4, 0.5) is 9.59 Å². The molecule has 1 aromatic carbocycles. The average molecular weight is 365 g/mol. The molecule has 1 spiro atoms. The summed E-state index contributed by atoms with van der Waals surface area (Å²) in [7, 11) is 0. The molecule has 132 valence electrons. The first-order chi connectivity index (χ1) is 12.0. The van der Waals surface area contributed by atoms with Crippen LogP contribution in [-0.2, 0) is 16.0 Å². The van der Waals surface area contributed by atoms with E-state index in [-0.39, 0.29) is 12.6 Å². The zero-order valence-corrected chi connectivity index (χ0v) is 14.1. The number of nitrogens with one attached hydrogen (secondary N) is 2. The van der Waals surface area contributed by atoms with E-state index in [1.165, 1.54) is 0 Å². The van der Waals surface area contributed by atoms with E-state index in [1.807, 2.05) is 6.07 Å². The lowest BCUT2D eigenvalue weighted by molar-refractivity contribution is 0.00932. The quantitative estimate of drug-likeness (QED) is 0.798. The van der Waals surface area contributed by atoms with Gasteiger partial charge in [-0.25, -0.2) is 14.6 Å². The van der Waals surface area contributed by atoms with E-state index < -0.39 is 11.8 Å². The van der Waals surface area contributed by atoms with E-state index in [9.17, 15) is 9.59 Å². The van der Waals surface area contributed by atoms with Crippen molar-refractivity contribution in [2.75, 3.05) is 19.7 Å². The smallest absolute Gasteiger partial charge is 0.430 e. The summed E-state index contributed by atoms with van der Waals surface area (Å²) in [5.41, 5.74) is 1.07. The average Bonchev–Trinajstić information content (AvgIpc) is 3.16. The number of nitrogens with zero attached hydrogens (tertiary/aromatic N) is 2. The van der Waals surface area contributed by atoms with E-state index in [4.69, 9.17) is 21.1 Å². The summed E-state index contributed by atoms with van der Waals surface area (Å²) in [6, 6.07) is 5.23. The normalized spacial score (nSPS) is 19.1. The molecule has 1 aromatic heterocycles. The Morgan fingerprint density at radius 2 is 2.20 bits per heavy atom. The van der Waals surface area contributed by atoms with Crippen LogP contribution in [0.15, 0.2) is 18.2 Å². The van der Waals surface area contributed by atoms with E-state index in [2.05, 4.69) is 15.3 Å². The van der Waals surface area contributed by atoms with Crippen LogP contribution in [0.25, 0.3) is 11.0 Å². The van der Waals surface area contributed by atoms with Crippen LogP contribution in [0.1, 0.15) is 18.7 Å². The summed E-state index contributed by atoms with van der Waals surface area (Å²) in [6.07, 6.45) is 0.535. The summed E-state index contributed by atoms with van der Waals surface area (Å²) in [6.45, 7) is 1.59. The number of carbonyl (C=O) groups is 2. The highest BCUT2D eigenvalue weighted by Crippen LogP contribution is 2.31. The van der Waals surface area contributed by atoms with E-state index in [0.29, 0.717) is 43.3 Å². The van der Waals surface area contributed by atoms with E-state index in [1.54, 1.807) is 17.0 Å². The Bertz CT molecular complexity index is 829. The first-order valence-corrected chi connectivity index (χ1v) is 8.44. The number of urea groups is 1. The molecule has 8 nitrogen and oxygen atoms in total. The molecule has 3 heterocycles. The summed E-state index contributed by atoms with van der Waals surface area (Å²) in [5.74, 6) is 0.664. The van der Waals surface area contributed by atoms with Crippen molar-refractivity contribution >= 4 is 34.8 Å². The van der Waals surface area contributed by atoms with Crippen molar-refractivity contribution in [3.63, 3.8) is 0 Å². The molecule has 0 unspecified atom stereocenters. The fourth-order valence-corrected chi connectivity index (χ4v) is 3.35. The topological polar surface area (TPSA) is 96.5 Å². The lowest BCUT2D eigenvalue weighted by Gasteiger charge is -2.36. The molecule has 2 aromatic rings. The van der Waals surface area contributed by atoms with Gasteiger partial charge in [0.25, 0.3) is 0 Å². The van der Waals surface area contributed by atoms with Crippen molar-refractivity contribution in [1.29, 1.82) is 0 Å². The van der Waals surface area contributed by atoms with Gasteiger partial charge in [-0.15, -0.1) is 0 Å². The number of ether oxygens (including phenoxy) is 2. The molecular weight excluding hydrogens is 348 g/mol. The number of amides is 2. The molecule has 2 N–H and O–H groups in total. The molecule has 2 saturated heterocycles. The van der Waals surface area contributed by atoms with Crippen molar-refractivity contribution in [2.24, 2.45) is 0 Å². The Balaban J connectivity index is 1.32. The van der Waals surface area contributed by atoms with Crippen LogP contribution >= 0.6 is 11.6 Å². The third-order valence-electron chi connectivity index (χ3n) is 4.61. The van der Waals surface area contributed by atoms with Gasteiger partial charge < -0.3 is 24.7 Å². The first kappa shape index (κ1) is 16.0. The van der Waals surface area contributed by atoms with Gasteiger partial charge in [0, 0.05) is 31.0 Å². The molecule has 9 heteroatoms. The minimum atomic E-state index is -0.622. The van der Waals surface area contributed by atoms with Gasteiger partial charge in [0.05, 0.1) is 17.6 Å². The molecule has 25 heavy (non-hydrogen) atoms. The number of cyclic esters (lactones) is 1. The summed E-state index contributed by atoms with van der Waals surface area (Å²) in [5, 5.41) is 3.48. The van der Waals surface area contributed by atoms with Gasteiger partial charge >= 0.3 is 12.2 Å². The highest BCUT2D eigenvalue weighted by Gasteiger charge is 2.45. The number of aromatic amines is 1. The molecule has 2 aliphatic heterocycles. The molecule has 2 amide bonds. The maximum absolute atomic E-state index is 12.3. The minimum Gasteiger partial charge on any atom is -0.430 e. The van der Waals surface area contributed by atoms with Crippen LogP contribution in [0.5, 0.6) is 0 Å². The number of hydrogen-bond donors (Lipinski definition) is 2. The van der Waals surface area contributed by atoms with Gasteiger partial charge in [-0.2, -0.15) is 0 Å². The Hall–Kier alpha value is -2.48. The van der Waals surface area contributed by atoms with Crippen molar-refractivity contribution in [1.82, 2.24) is 20.2 Å². The van der Waals surface area contributed by atoms with Crippen LogP contribution in [0.3, 0.4) is 0 Å².